The first-order chi connectivity index (χ1) is 4.79. The molecule has 0 saturated heterocycles. The Labute approximate surface area is 67.1 Å². The predicted molar refractivity (Wildman–Crippen MR) is 45.3 cm³/mol. The van der Waals surface area contributed by atoms with Crippen LogP contribution in [0.2, 0.25) is 5.15 Å². The Morgan fingerprint density at radius 1 is 1.30 bits per heavy atom. The summed E-state index contributed by atoms with van der Waals surface area (Å²) in [6, 6.07) is 5.55. The molecule has 0 bridgehead atoms. The van der Waals surface area contributed by atoms with E-state index in [1.807, 2.05) is 32.9 Å². The Morgan fingerprint density at radius 3 is 2.20 bits per heavy atom. The molecule has 56 valence electrons. The molecule has 0 spiro atoms. The topological polar surface area (TPSA) is 12.9 Å². The quantitative estimate of drug-likeness (QED) is 0.528. The summed E-state index contributed by atoms with van der Waals surface area (Å²) in [6.07, 6.45) is 0. The van der Waals surface area contributed by atoms with Crippen molar-refractivity contribution in [1.82, 2.24) is 4.98 Å². The van der Waals surface area contributed by atoms with Gasteiger partial charge in [-0.25, -0.2) is 4.98 Å². The van der Waals surface area contributed by atoms with E-state index in [0.29, 0.717) is 5.15 Å². The van der Waals surface area contributed by atoms with Crippen molar-refractivity contribution in [3.63, 3.8) is 0 Å². The van der Waals surface area contributed by atoms with Gasteiger partial charge in [-0.15, -0.1) is 0 Å². The zero-order valence-electron chi connectivity index (χ0n) is 6.56. The van der Waals surface area contributed by atoms with E-state index in [-0.39, 0.29) is 0 Å². The molecule has 1 rings (SSSR count). The lowest BCUT2D eigenvalue weighted by molar-refractivity contribution is 1.20. The van der Waals surface area contributed by atoms with Gasteiger partial charge in [0.1, 0.15) is 5.15 Å². The molecule has 1 aromatic rings. The van der Waals surface area contributed by atoms with Crippen molar-refractivity contribution < 1.29 is 0 Å². The maximum atomic E-state index is 5.53. The number of aryl methyl sites for hydroxylation is 1. The minimum Gasteiger partial charge on any atom is -0.241 e. The maximum Gasteiger partial charge on any atom is 0.129 e. The molecule has 0 fully saturated rings. The summed E-state index contributed by atoms with van der Waals surface area (Å²) in [4.78, 5) is 3.94. The van der Waals surface area contributed by atoms with Crippen molar-refractivity contribution in [2.45, 2.75) is 20.8 Å². The number of rotatable bonds is 0. The third kappa shape index (κ3) is 3.46. The fraction of sp³-hybridized carbons (Fsp3) is 0.375. The summed E-state index contributed by atoms with van der Waals surface area (Å²) in [5.41, 5.74) is 0.956. The molecule has 1 aromatic heterocycles. The third-order valence-corrected chi connectivity index (χ3v) is 1.06. The molecule has 1 nitrogen and oxygen atoms in total. The minimum absolute atomic E-state index is 0.560. The van der Waals surface area contributed by atoms with E-state index < -0.39 is 0 Å². The highest BCUT2D eigenvalue weighted by molar-refractivity contribution is 6.29. The van der Waals surface area contributed by atoms with Crippen molar-refractivity contribution >= 4 is 11.6 Å². The molecule has 0 aliphatic carbocycles. The van der Waals surface area contributed by atoms with E-state index in [1.165, 1.54) is 0 Å². The third-order valence-electron chi connectivity index (χ3n) is 0.854. The monoisotopic (exact) mass is 157 g/mol. The lowest BCUT2D eigenvalue weighted by atomic mass is 10.4. The van der Waals surface area contributed by atoms with Gasteiger partial charge in [0.15, 0.2) is 0 Å². The van der Waals surface area contributed by atoms with Gasteiger partial charge in [0.25, 0.3) is 0 Å². The molecular weight excluding hydrogens is 146 g/mol. The molecule has 0 aliphatic heterocycles. The normalized spacial score (nSPS) is 8.00. The highest BCUT2D eigenvalue weighted by Gasteiger charge is 1.84. The van der Waals surface area contributed by atoms with Crippen LogP contribution in [0.1, 0.15) is 19.5 Å². The fourth-order valence-corrected chi connectivity index (χ4v) is 0.716. The SMILES string of the molecule is CC.Cc1cccc(Cl)n1. The molecule has 0 aliphatic rings. The molecule has 0 amide bonds. The predicted octanol–water partition coefficient (Wildman–Crippen LogP) is 3.07. The summed E-state index contributed by atoms with van der Waals surface area (Å²) in [6.45, 7) is 5.91. The van der Waals surface area contributed by atoms with Gasteiger partial charge in [-0.2, -0.15) is 0 Å². The first kappa shape index (κ1) is 9.44. The van der Waals surface area contributed by atoms with Crippen LogP contribution >= 0.6 is 11.6 Å². The average Bonchev–Trinajstić information content (AvgIpc) is 1.91. The second-order valence-corrected chi connectivity index (χ2v) is 1.99. The van der Waals surface area contributed by atoms with Crippen LogP contribution in [0.15, 0.2) is 18.2 Å². The van der Waals surface area contributed by atoms with Gasteiger partial charge in [-0.05, 0) is 19.1 Å². The molecule has 0 saturated carbocycles. The molecule has 0 N–H and O–H groups in total. The Hall–Kier alpha value is -0.560. The molecule has 0 radical (unpaired) electrons. The Morgan fingerprint density at radius 2 is 1.90 bits per heavy atom. The zero-order chi connectivity index (χ0) is 7.98. The Kier molecular flexibility index (Phi) is 4.95. The first-order valence-corrected chi connectivity index (χ1v) is 3.76. The van der Waals surface area contributed by atoms with Gasteiger partial charge >= 0.3 is 0 Å². The molecule has 0 unspecified atom stereocenters. The van der Waals surface area contributed by atoms with Gasteiger partial charge < -0.3 is 0 Å². The van der Waals surface area contributed by atoms with Crippen LogP contribution in [-0.4, -0.2) is 4.98 Å². The summed E-state index contributed by atoms with van der Waals surface area (Å²) < 4.78 is 0. The summed E-state index contributed by atoms with van der Waals surface area (Å²) in [7, 11) is 0. The van der Waals surface area contributed by atoms with Gasteiger partial charge in [-0.1, -0.05) is 31.5 Å². The van der Waals surface area contributed by atoms with Crippen LogP contribution in [0.3, 0.4) is 0 Å². The molecule has 1 heterocycles. The summed E-state index contributed by atoms with van der Waals surface area (Å²) in [5.74, 6) is 0. The largest absolute Gasteiger partial charge is 0.241 e. The number of pyridine rings is 1. The van der Waals surface area contributed by atoms with E-state index in [2.05, 4.69) is 4.98 Å². The van der Waals surface area contributed by atoms with Crippen molar-refractivity contribution in [2.24, 2.45) is 0 Å². The number of halogens is 1. The lowest BCUT2D eigenvalue weighted by Crippen LogP contribution is -1.76. The van der Waals surface area contributed by atoms with Crippen molar-refractivity contribution in [2.75, 3.05) is 0 Å². The van der Waals surface area contributed by atoms with Gasteiger partial charge in [0, 0.05) is 5.69 Å². The van der Waals surface area contributed by atoms with Gasteiger partial charge in [0.05, 0.1) is 0 Å². The number of nitrogens with zero attached hydrogens (tertiary/aromatic N) is 1. The van der Waals surface area contributed by atoms with Gasteiger partial charge in [-0.3, -0.25) is 0 Å². The van der Waals surface area contributed by atoms with Gasteiger partial charge in [0.2, 0.25) is 0 Å². The summed E-state index contributed by atoms with van der Waals surface area (Å²) >= 11 is 5.53. The van der Waals surface area contributed by atoms with Crippen LogP contribution < -0.4 is 0 Å². The first-order valence-electron chi connectivity index (χ1n) is 3.38. The molecule has 0 aromatic carbocycles. The highest BCUT2D eigenvalue weighted by Crippen LogP contribution is 2.02. The Balaban J connectivity index is 0.000000371. The second kappa shape index (κ2) is 5.24. The molecule has 0 atom stereocenters. The number of aromatic nitrogens is 1. The lowest BCUT2D eigenvalue weighted by Gasteiger charge is -1.88. The zero-order valence-corrected chi connectivity index (χ0v) is 7.31. The van der Waals surface area contributed by atoms with E-state index in [9.17, 15) is 0 Å². The molecule has 10 heavy (non-hydrogen) atoms. The summed E-state index contributed by atoms with van der Waals surface area (Å²) in [5, 5.41) is 0.560. The highest BCUT2D eigenvalue weighted by atomic mass is 35.5. The molecule has 2 heteroatoms. The van der Waals surface area contributed by atoms with Crippen LogP contribution in [-0.2, 0) is 0 Å². The van der Waals surface area contributed by atoms with E-state index >= 15 is 0 Å². The van der Waals surface area contributed by atoms with Crippen LogP contribution in [0.4, 0.5) is 0 Å². The van der Waals surface area contributed by atoms with E-state index in [0.717, 1.165) is 5.69 Å². The van der Waals surface area contributed by atoms with Crippen molar-refractivity contribution in [1.29, 1.82) is 0 Å². The second-order valence-electron chi connectivity index (χ2n) is 1.60. The minimum atomic E-state index is 0.560. The molecular formula is C8H12ClN. The van der Waals surface area contributed by atoms with Crippen molar-refractivity contribution in [3.8, 4) is 0 Å². The standard InChI is InChI=1S/C6H6ClN.C2H6/c1-5-3-2-4-6(7)8-5;1-2/h2-4H,1H3;1-2H3. The van der Waals surface area contributed by atoms with Crippen LogP contribution in [0.25, 0.3) is 0 Å². The number of hydrogen-bond donors (Lipinski definition) is 0. The Bertz CT molecular complexity index is 169. The smallest absolute Gasteiger partial charge is 0.129 e. The van der Waals surface area contributed by atoms with E-state index in [4.69, 9.17) is 11.6 Å². The maximum absolute atomic E-state index is 5.53. The van der Waals surface area contributed by atoms with Crippen molar-refractivity contribution in [3.05, 3.63) is 29.0 Å². The van der Waals surface area contributed by atoms with Crippen LogP contribution in [0, 0.1) is 6.92 Å². The fourth-order valence-electron chi connectivity index (χ4n) is 0.510. The average molecular weight is 158 g/mol. The number of hydrogen-bond acceptors (Lipinski definition) is 1. The van der Waals surface area contributed by atoms with E-state index in [1.54, 1.807) is 6.07 Å². The van der Waals surface area contributed by atoms with Crippen LogP contribution in [0.5, 0.6) is 0 Å².